The van der Waals surface area contributed by atoms with Crippen LogP contribution >= 0.6 is 11.6 Å². The van der Waals surface area contributed by atoms with Gasteiger partial charge >= 0.3 is 0 Å². The number of nitrogens with zero attached hydrogens (tertiary/aromatic N) is 2. The molecule has 0 spiro atoms. The third kappa shape index (κ3) is 2.71. The predicted octanol–water partition coefficient (Wildman–Crippen LogP) is 3.79. The molecule has 1 aromatic heterocycles. The van der Waals surface area contributed by atoms with Gasteiger partial charge in [0.2, 0.25) is 5.78 Å². The van der Waals surface area contributed by atoms with Crippen LogP contribution in [0.15, 0.2) is 24.4 Å². The molecule has 1 heterocycles. The number of carbonyl (C=O) groups excluding carboxylic acids is 1. The largest absolute Gasteiger partial charge is 0.287 e. The summed E-state index contributed by atoms with van der Waals surface area (Å²) in [6, 6.07) is 5.79. The Bertz CT molecular complexity index is 617. The van der Waals surface area contributed by atoms with Crippen molar-refractivity contribution in [1.82, 2.24) is 9.78 Å². The van der Waals surface area contributed by atoms with E-state index in [0.29, 0.717) is 22.8 Å². The maximum Gasteiger partial charge on any atom is 0.212 e. The number of ketones is 1. The van der Waals surface area contributed by atoms with Gasteiger partial charge in [-0.1, -0.05) is 42.3 Å². The summed E-state index contributed by atoms with van der Waals surface area (Å²) in [5, 5.41) is 4.58. The molecule has 2 rings (SSSR count). The Morgan fingerprint density at radius 2 is 2.11 bits per heavy atom. The molecule has 0 N–H and O–H groups in total. The summed E-state index contributed by atoms with van der Waals surface area (Å²) in [5.41, 5.74) is 3.27. The van der Waals surface area contributed by atoms with Crippen LogP contribution < -0.4 is 0 Å². The second kappa shape index (κ2) is 5.57. The maximum absolute atomic E-state index is 12.6. The predicted molar refractivity (Wildman–Crippen MR) is 76.9 cm³/mol. The van der Waals surface area contributed by atoms with Gasteiger partial charge in [-0.3, -0.25) is 9.48 Å². The van der Waals surface area contributed by atoms with Gasteiger partial charge in [-0.15, -0.1) is 0 Å². The molecule has 0 fully saturated rings. The average Bonchev–Trinajstić information content (AvgIpc) is 2.70. The molecule has 100 valence electrons. The van der Waals surface area contributed by atoms with Crippen LogP contribution in [-0.4, -0.2) is 15.6 Å². The monoisotopic (exact) mass is 276 g/mol. The van der Waals surface area contributed by atoms with E-state index in [9.17, 15) is 4.79 Å². The average molecular weight is 277 g/mol. The van der Waals surface area contributed by atoms with Crippen molar-refractivity contribution in [3.05, 3.63) is 51.8 Å². The molecule has 0 amide bonds. The fourth-order valence-electron chi connectivity index (χ4n) is 2.17. The van der Waals surface area contributed by atoms with Gasteiger partial charge < -0.3 is 0 Å². The molecular formula is C15H17ClN2O. The van der Waals surface area contributed by atoms with Gasteiger partial charge in [0.15, 0.2) is 0 Å². The lowest BCUT2D eigenvalue weighted by Crippen LogP contribution is -2.13. The molecule has 0 atom stereocenters. The van der Waals surface area contributed by atoms with E-state index in [4.69, 9.17) is 11.6 Å². The van der Waals surface area contributed by atoms with Gasteiger partial charge in [0, 0.05) is 12.1 Å². The van der Waals surface area contributed by atoms with Crippen molar-refractivity contribution in [2.45, 2.75) is 33.7 Å². The van der Waals surface area contributed by atoms with Gasteiger partial charge in [0.25, 0.3) is 0 Å². The lowest BCUT2D eigenvalue weighted by molar-refractivity contribution is 0.102. The fraction of sp³-hybridized carbons (Fsp3) is 0.333. The smallest absolute Gasteiger partial charge is 0.212 e. The van der Waals surface area contributed by atoms with Crippen LogP contribution in [0.1, 0.15) is 40.5 Å². The van der Waals surface area contributed by atoms with E-state index in [2.05, 4.69) is 5.10 Å². The van der Waals surface area contributed by atoms with Crippen molar-refractivity contribution in [3.63, 3.8) is 0 Å². The number of hydrogen-bond donors (Lipinski definition) is 0. The molecule has 0 unspecified atom stereocenters. The van der Waals surface area contributed by atoms with Crippen molar-refractivity contribution in [2.24, 2.45) is 0 Å². The summed E-state index contributed by atoms with van der Waals surface area (Å²) in [5.74, 6) is -0.0616. The van der Waals surface area contributed by atoms with Gasteiger partial charge in [0.05, 0.1) is 11.2 Å². The number of hydrogen-bond acceptors (Lipinski definition) is 2. The number of aryl methyl sites for hydroxylation is 3. The molecule has 2 aromatic rings. The van der Waals surface area contributed by atoms with E-state index in [1.165, 1.54) is 6.20 Å². The minimum absolute atomic E-state index is 0.0616. The minimum Gasteiger partial charge on any atom is -0.287 e. The Balaban J connectivity index is 2.46. The molecular weight excluding hydrogens is 260 g/mol. The van der Waals surface area contributed by atoms with E-state index in [1.807, 2.05) is 39.0 Å². The van der Waals surface area contributed by atoms with Crippen molar-refractivity contribution in [1.29, 1.82) is 0 Å². The molecule has 0 saturated heterocycles. The molecule has 0 aliphatic heterocycles. The molecule has 0 aliphatic rings. The van der Waals surface area contributed by atoms with Crippen molar-refractivity contribution in [2.75, 3.05) is 0 Å². The van der Waals surface area contributed by atoms with Crippen molar-refractivity contribution >= 4 is 17.4 Å². The number of aromatic nitrogens is 2. The zero-order valence-corrected chi connectivity index (χ0v) is 12.2. The van der Waals surface area contributed by atoms with Crippen LogP contribution in [0.4, 0.5) is 0 Å². The number of rotatable bonds is 4. The van der Waals surface area contributed by atoms with Crippen LogP contribution in [-0.2, 0) is 6.54 Å². The Kier molecular flexibility index (Phi) is 4.05. The van der Waals surface area contributed by atoms with Gasteiger partial charge in [-0.05, 0) is 25.8 Å². The Hall–Kier alpha value is -1.61. The van der Waals surface area contributed by atoms with Gasteiger partial charge in [0.1, 0.15) is 5.69 Å². The molecule has 3 nitrogen and oxygen atoms in total. The van der Waals surface area contributed by atoms with Crippen LogP contribution in [0.5, 0.6) is 0 Å². The summed E-state index contributed by atoms with van der Waals surface area (Å²) >= 11 is 6.10. The zero-order chi connectivity index (χ0) is 14.0. The van der Waals surface area contributed by atoms with Gasteiger partial charge in [-0.25, -0.2) is 0 Å². The lowest BCUT2D eigenvalue weighted by Gasteiger charge is -2.09. The summed E-state index contributed by atoms with van der Waals surface area (Å²) in [6.45, 7) is 6.68. The molecule has 4 heteroatoms. The topological polar surface area (TPSA) is 34.9 Å². The highest BCUT2D eigenvalue weighted by atomic mass is 35.5. The highest BCUT2D eigenvalue weighted by Gasteiger charge is 2.20. The first-order valence-electron chi connectivity index (χ1n) is 6.37. The quantitative estimate of drug-likeness (QED) is 0.796. The highest BCUT2D eigenvalue weighted by Crippen LogP contribution is 2.22. The number of benzene rings is 1. The van der Waals surface area contributed by atoms with Crippen molar-refractivity contribution < 1.29 is 4.79 Å². The number of carbonyl (C=O) groups is 1. The minimum atomic E-state index is -0.0616. The van der Waals surface area contributed by atoms with Crippen LogP contribution in [0.25, 0.3) is 0 Å². The molecule has 1 aromatic carbocycles. The first-order valence-corrected chi connectivity index (χ1v) is 6.75. The molecule has 19 heavy (non-hydrogen) atoms. The zero-order valence-electron chi connectivity index (χ0n) is 11.4. The summed E-state index contributed by atoms with van der Waals surface area (Å²) in [7, 11) is 0. The van der Waals surface area contributed by atoms with E-state index in [1.54, 1.807) is 4.68 Å². The first-order chi connectivity index (χ1) is 9.04. The van der Waals surface area contributed by atoms with Crippen LogP contribution in [0.2, 0.25) is 5.02 Å². The first kappa shape index (κ1) is 13.8. The van der Waals surface area contributed by atoms with Crippen molar-refractivity contribution in [3.8, 4) is 0 Å². The third-order valence-electron chi connectivity index (χ3n) is 3.07. The molecule has 0 radical (unpaired) electrons. The Labute approximate surface area is 118 Å². The van der Waals surface area contributed by atoms with E-state index in [-0.39, 0.29) is 5.78 Å². The lowest BCUT2D eigenvalue weighted by atomic mass is 10.0. The standard InChI is InChI=1S/C15H17ClN2O/c1-4-7-18-14(13(16)9-17-18)15(19)12-6-5-10(2)8-11(12)3/h5-6,8-9H,4,7H2,1-3H3. The Morgan fingerprint density at radius 1 is 1.37 bits per heavy atom. The highest BCUT2D eigenvalue weighted by molar-refractivity contribution is 6.34. The Morgan fingerprint density at radius 3 is 2.74 bits per heavy atom. The summed E-state index contributed by atoms with van der Waals surface area (Å²) < 4.78 is 1.68. The fourth-order valence-corrected chi connectivity index (χ4v) is 2.39. The molecule has 0 aliphatic carbocycles. The maximum atomic E-state index is 12.6. The second-order valence-corrected chi connectivity index (χ2v) is 5.12. The number of halogens is 1. The third-order valence-corrected chi connectivity index (χ3v) is 3.35. The SMILES string of the molecule is CCCn1ncc(Cl)c1C(=O)c1ccc(C)cc1C. The molecule has 0 saturated carbocycles. The summed E-state index contributed by atoms with van der Waals surface area (Å²) in [4.78, 5) is 12.6. The summed E-state index contributed by atoms with van der Waals surface area (Å²) in [6.07, 6.45) is 2.44. The molecule has 0 bridgehead atoms. The van der Waals surface area contributed by atoms with Gasteiger partial charge in [-0.2, -0.15) is 5.10 Å². The second-order valence-electron chi connectivity index (χ2n) is 4.71. The van der Waals surface area contributed by atoms with E-state index < -0.39 is 0 Å². The van der Waals surface area contributed by atoms with E-state index >= 15 is 0 Å². The van der Waals surface area contributed by atoms with Crippen LogP contribution in [0.3, 0.4) is 0 Å². The van der Waals surface area contributed by atoms with Crippen LogP contribution in [0, 0.1) is 13.8 Å². The normalized spacial score (nSPS) is 10.7. The van der Waals surface area contributed by atoms with E-state index in [0.717, 1.165) is 17.5 Å².